The number of hydrogen-bond donors (Lipinski definition) is 0. The molecular formula is C25H34N2O2. The number of benzene rings is 2. The molecule has 156 valence electrons. The molecule has 1 saturated heterocycles. The molecule has 1 amide bonds. The van der Waals surface area contributed by atoms with Crippen LogP contribution in [0.4, 0.5) is 5.69 Å². The molecule has 0 aromatic heterocycles. The fourth-order valence-electron chi connectivity index (χ4n) is 4.41. The second-order valence-electron chi connectivity index (χ2n) is 8.05. The monoisotopic (exact) mass is 394 g/mol. The second kappa shape index (κ2) is 10.6. The summed E-state index contributed by atoms with van der Waals surface area (Å²) in [7, 11) is 1.75. The average Bonchev–Trinajstić information content (AvgIpc) is 2.75. The first kappa shape index (κ1) is 21.5. The van der Waals surface area contributed by atoms with Gasteiger partial charge in [0.2, 0.25) is 5.91 Å². The number of nitrogens with zero attached hydrogens (tertiary/aromatic N) is 2. The van der Waals surface area contributed by atoms with Crippen molar-refractivity contribution in [1.29, 1.82) is 0 Å². The molecule has 0 unspecified atom stereocenters. The third-order valence-electron chi connectivity index (χ3n) is 5.96. The molecule has 1 fully saturated rings. The highest BCUT2D eigenvalue weighted by Crippen LogP contribution is 2.34. The number of rotatable bonds is 9. The molecule has 29 heavy (non-hydrogen) atoms. The Labute approximate surface area is 175 Å². The number of amides is 1. The fraction of sp³-hybridized carbons (Fsp3) is 0.480. The maximum Gasteiger partial charge on any atom is 0.227 e. The van der Waals surface area contributed by atoms with Gasteiger partial charge in [-0.3, -0.25) is 4.79 Å². The number of carbonyl (C=O) groups is 1. The SMILES string of the molecule is CCCC(=O)N(c1ccccc1)C1(COC)CCN(CCc2ccccc2)CC1. The molecule has 0 N–H and O–H groups in total. The van der Waals surface area contributed by atoms with E-state index in [-0.39, 0.29) is 11.4 Å². The van der Waals surface area contributed by atoms with E-state index in [9.17, 15) is 4.79 Å². The summed E-state index contributed by atoms with van der Waals surface area (Å²) in [6.45, 7) is 5.67. The zero-order chi connectivity index (χ0) is 20.5. The van der Waals surface area contributed by atoms with Crippen LogP contribution in [0.15, 0.2) is 60.7 Å². The van der Waals surface area contributed by atoms with Crippen molar-refractivity contribution in [3.8, 4) is 0 Å². The van der Waals surface area contributed by atoms with Crippen molar-refractivity contribution in [1.82, 2.24) is 4.90 Å². The number of anilines is 1. The van der Waals surface area contributed by atoms with Crippen LogP contribution in [-0.2, 0) is 16.0 Å². The van der Waals surface area contributed by atoms with Gasteiger partial charge in [0.05, 0.1) is 12.1 Å². The van der Waals surface area contributed by atoms with Crippen LogP contribution in [-0.4, -0.2) is 49.7 Å². The quantitative estimate of drug-likeness (QED) is 0.626. The number of methoxy groups -OCH3 is 1. The predicted octanol–water partition coefficient (Wildman–Crippen LogP) is 4.54. The van der Waals surface area contributed by atoms with E-state index in [1.807, 2.05) is 30.3 Å². The Hall–Kier alpha value is -2.17. The van der Waals surface area contributed by atoms with E-state index in [1.54, 1.807) is 7.11 Å². The smallest absolute Gasteiger partial charge is 0.227 e. The van der Waals surface area contributed by atoms with Crippen LogP contribution in [0.1, 0.15) is 38.2 Å². The third-order valence-corrected chi connectivity index (χ3v) is 5.96. The van der Waals surface area contributed by atoms with Crippen molar-refractivity contribution in [2.75, 3.05) is 38.3 Å². The molecule has 1 aliphatic rings. The van der Waals surface area contributed by atoms with Gasteiger partial charge in [0, 0.05) is 38.9 Å². The lowest BCUT2D eigenvalue weighted by Gasteiger charge is -2.48. The minimum atomic E-state index is -0.272. The molecule has 4 heteroatoms. The molecule has 1 aliphatic heterocycles. The largest absolute Gasteiger partial charge is 0.382 e. The van der Waals surface area contributed by atoms with Gasteiger partial charge in [-0.1, -0.05) is 55.5 Å². The van der Waals surface area contributed by atoms with E-state index < -0.39 is 0 Å². The minimum absolute atomic E-state index is 0.202. The Kier molecular flexibility index (Phi) is 7.84. The topological polar surface area (TPSA) is 32.8 Å². The van der Waals surface area contributed by atoms with Gasteiger partial charge in [0.1, 0.15) is 0 Å². The number of ether oxygens (including phenoxy) is 1. The second-order valence-corrected chi connectivity index (χ2v) is 8.05. The van der Waals surface area contributed by atoms with Gasteiger partial charge >= 0.3 is 0 Å². The number of hydrogen-bond acceptors (Lipinski definition) is 3. The Bertz CT molecular complexity index is 740. The molecule has 0 radical (unpaired) electrons. The van der Waals surface area contributed by atoms with E-state index >= 15 is 0 Å². The summed E-state index contributed by atoms with van der Waals surface area (Å²) in [5.41, 5.74) is 2.09. The van der Waals surface area contributed by atoms with Crippen molar-refractivity contribution in [3.63, 3.8) is 0 Å². The Morgan fingerprint density at radius 3 is 2.24 bits per heavy atom. The van der Waals surface area contributed by atoms with Gasteiger partial charge < -0.3 is 14.5 Å². The summed E-state index contributed by atoms with van der Waals surface area (Å²) in [4.78, 5) is 17.7. The van der Waals surface area contributed by atoms with E-state index in [0.29, 0.717) is 13.0 Å². The van der Waals surface area contributed by atoms with E-state index in [0.717, 1.165) is 51.0 Å². The summed E-state index contributed by atoms with van der Waals surface area (Å²) in [5.74, 6) is 0.202. The van der Waals surface area contributed by atoms with Crippen LogP contribution in [0.2, 0.25) is 0 Å². The van der Waals surface area contributed by atoms with Crippen LogP contribution in [0.5, 0.6) is 0 Å². The molecule has 1 heterocycles. The van der Waals surface area contributed by atoms with Crippen molar-refractivity contribution in [2.45, 2.75) is 44.6 Å². The third kappa shape index (κ3) is 5.46. The van der Waals surface area contributed by atoms with Gasteiger partial charge in [-0.05, 0) is 43.4 Å². The normalized spacial score (nSPS) is 16.5. The highest BCUT2D eigenvalue weighted by atomic mass is 16.5. The molecular weight excluding hydrogens is 360 g/mol. The molecule has 2 aromatic rings. The standard InChI is InChI=1S/C25H34N2O2/c1-3-10-24(28)27(23-13-8-5-9-14-23)25(21-29-2)16-19-26(20-17-25)18-15-22-11-6-4-7-12-22/h4-9,11-14H,3,10,15-21H2,1-2H3. The maximum absolute atomic E-state index is 13.2. The number of para-hydroxylation sites is 1. The number of likely N-dealkylation sites (tertiary alicyclic amines) is 1. The molecule has 2 aromatic carbocycles. The highest BCUT2D eigenvalue weighted by Gasteiger charge is 2.42. The first-order valence-corrected chi connectivity index (χ1v) is 10.8. The van der Waals surface area contributed by atoms with Crippen molar-refractivity contribution >= 4 is 11.6 Å². The van der Waals surface area contributed by atoms with Crippen LogP contribution in [0.25, 0.3) is 0 Å². The first-order chi connectivity index (χ1) is 14.2. The fourth-order valence-corrected chi connectivity index (χ4v) is 4.41. The van der Waals surface area contributed by atoms with Crippen LogP contribution < -0.4 is 4.90 Å². The molecule has 0 atom stereocenters. The van der Waals surface area contributed by atoms with Crippen molar-refractivity contribution < 1.29 is 9.53 Å². The van der Waals surface area contributed by atoms with Gasteiger partial charge in [0.25, 0.3) is 0 Å². The molecule has 0 saturated carbocycles. The Morgan fingerprint density at radius 2 is 1.66 bits per heavy atom. The summed E-state index contributed by atoms with van der Waals surface area (Å²) >= 11 is 0. The lowest BCUT2D eigenvalue weighted by molar-refractivity contribution is -0.121. The van der Waals surface area contributed by atoms with Gasteiger partial charge in [-0.2, -0.15) is 0 Å². The van der Waals surface area contributed by atoms with Crippen molar-refractivity contribution in [3.05, 3.63) is 66.2 Å². The zero-order valence-electron chi connectivity index (χ0n) is 17.8. The highest BCUT2D eigenvalue weighted by molar-refractivity contribution is 5.94. The lowest BCUT2D eigenvalue weighted by atomic mass is 9.85. The van der Waals surface area contributed by atoms with Crippen LogP contribution >= 0.6 is 0 Å². The number of carbonyl (C=O) groups excluding carboxylic acids is 1. The van der Waals surface area contributed by atoms with E-state index in [4.69, 9.17) is 4.74 Å². The Balaban J connectivity index is 1.73. The van der Waals surface area contributed by atoms with E-state index in [1.165, 1.54) is 5.56 Å². The molecule has 4 nitrogen and oxygen atoms in total. The minimum Gasteiger partial charge on any atom is -0.382 e. The van der Waals surface area contributed by atoms with Crippen molar-refractivity contribution in [2.24, 2.45) is 0 Å². The van der Waals surface area contributed by atoms with Gasteiger partial charge in [-0.25, -0.2) is 0 Å². The predicted molar refractivity (Wildman–Crippen MR) is 119 cm³/mol. The molecule has 0 spiro atoms. The number of piperidine rings is 1. The molecule has 0 aliphatic carbocycles. The summed E-state index contributed by atoms with van der Waals surface area (Å²) < 4.78 is 5.67. The average molecular weight is 395 g/mol. The van der Waals surface area contributed by atoms with Crippen LogP contribution in [0.3, 0.4) is 0 Å². The van der Waals surface area contributed by atoms with Gasteiger partial charge in [-0.15, -0.1) is 0 Å². The zero-order valence-corrected chi connectivity index (χ0v) is 17.8. The maximum atomic E-state index is 13.2. The van der Waals surface area contributed by atoms with Gasteiger partial charge in [0.15, 0.2) is 0 Å². The first-order valence-electron chi connectivity index (χ1n) is 10.8. The Morgan fingerprint density at radius 1 is 1.03 bits per heavy atom. The summed E-state index contributed by atoms with van der Waals surface area (Å²) in [6.07, 6.45) is 4.35. The lowest BCUT2D eigenvalue weighted by Crippen LogP contribution is -2.60. The summed E-state index contributed by atoms with van der Waals surface area (Å²) in [5, 5.41) is 0. The van der Waals surface area contributed by atoms with Crippen LogP contribution in [0, 0.1) is 0 Å². The molecule has 3 rings (SSSR count). The summed E-state index contributed by atoms with van der Waals surface area (Å²) in [6, 6.07) is 20.8. The molecule has 0 bridgehead atoms. The van der Waals surface area contributed by atoms with E-state index in [2.05, 4.69) is 47.1 Å².